The molecule has 25 heavy (non-hydrogen) atoms. The first kappa shape index (κ1) is 17.6. The van der Waals surface area contributed by atoms with Crippen molar-refractivity contribution in [1.82, 2.24) is 15.5 Å². The number of aromatic nitrogens is 2. The summed E-state index contributed by atoms with van der Waals surface area (Å²) < 4.78 is 10.6. The summed E-state index contributed by atoms with van der Waals surface area (Å²) in [5.41, 5.74) is 2.94. The summed E-state index contributed by atoms with van der Waals surface area (Å²) >= 11 is 0. The highest BCUT2D eigenvalue weighted by Gasteiger charge is 2.27. The Morgan fingerprint density at radius 1 is 1.36 bits per heavy atom. The van der Waals surface area contributed by atoms with E-state index in [0.717, 1.165) is 48.6 Å². The van der Waals surface area contributed by atoms with Gasteiger partial charge in [-0.05, 0) is 50.7 Å². The number of nitrogens with zero attached hydrogens (tertiary/aromatic N) is 2. The van der Waals surface area contributed by atoms with Crippen LogP contribution in [0.2, 0.25) is 0 Å². The minimum absolute atomic E-state index is 0.0187. The van der Waals surface area contributed by atoms with E-state index in [2.05, 4.69) is 15.5 Å². The van der Waals surface area contributed by atoms with Crippen molar-refractivity contribution in [2.45, 2.75) is 45.6 Å². The van der Waals surface area contributed by atoms with E-state index in [9.17, 15) is 4.79 Å². The molecule has 3 rings (SSSR count). The summed E-state index contributed by atoms with van der Waals surface area (Å²) in [5, 5.41) is 7.17. The molecule has 3 heterocycles. The second-order valence-electron chi connectivity index (χ2n) is 6.58. The highest BCUT2D eigenvalue weighted by atomic mass is 16.5. The van der Waals surface area contributed by atoms with Crippen molar-refractivity contribution in [3.63, 3.8) is 0 Å². The van der Waals surface area contributed by atoms with Crippen LogP contribution in [0.5, 0.6) is 0 Å². The topological polar surface area (TPSA) is 77.3 Å². The number of hydrogen-bond donors (Lipinski definition) is 1. The Morgan fingerprint density at radius 3 is 2.80 bits per heavy atom. The van der Waals surface area contributed by atoms with Crippen molar-refractivity contribution in [2.75, 3.05) is 13.2 Å². The van der Waals surface area contributed by atoms with E-state index in [1.807, 2.05) is 32.2 Å². The van der Waals surface area contributed by atoms with Gasteiger partial charge in [0.1, 0.15) is 5.76 Å². The molecule has 134 valence electrons. The molecule has 1 atom stereocenters. The number of hydrogen-bond acceptors (Lipinski definition) is 5. The number of rotatable bonds is 6. The monoisotopic (exact) mass is 343 g/mol. The molecule has 1 aliphatic rings. The van der Waals surface area contributed by atoms with Gasteiger partial charge in [0.15, 0.2) is 0 Å². The van der Waals surface area contributed by atoms with Crippen LogP contribution in [0.4, 0.5) is 0 Å². The van der Waals surface area contributed by atoms with Crippen molar-refractivity contribution in [1.29, 1.82) is 0 Å². The molecule has 1 amide bonds. The van der Waals surface area contributed by atoms with Crippen LogP contribution in [0.1, 0.15) is 47.9 Å². The van der Waals surface area contributed by atoms with Crippen LogP contribution in [0.3, 0.4) is 0 Å². The van der Waals surface area contributed by atoms with E-state index < -0.39 is 0 Å². The van der Waals surface area contributed by atoms with Gasteiger partial charge in [0.2, 0.25) is 5.91 Å². The van der Waals surface area contributed by atoms with Gasteiger partial charge in [-0.2, -0.15) is 0 Å². The average Bonchev–Trinajstić information content (AvgIpc) is 2.97. The number of ether oxygens (including phenoxy) is 1. The van der Waals surface area contributed by atoms with Crippen molar-refractivity contribution < 1.29 is 14.1 Å². The summed E-state index contributed by atoms with van der Waals surface area (Å²) in [6, 6.07) is 3.93. The molecular weight excluding hydrogens is 318 g/mol. The molecule has 1 fully saturated rings. The third-order valence-electron chi connectivity index (χ3n) is 4.88. The molecule has 0 saturated carbocycles. The van der Waals surface area contributed by atoms with Gasteiger partial charge in [0, 0.05) is 37.6 Å². The highest BCUT2D eigenvalue weighted by Crippen LogP contribution is 2.30. The predicted octanol–water partition coefficient (Wildman–Crippen LogP) is 2.90. The van der Waals surface area contributed by atoms with Crippen molar-refractivity contribution >= 4 is 5.91 Å². The first-order chi connectivity index (χ1) is 12.1. The summed E-state index contributed by atoms with van der Waals surface area (Å²) in [4.78, 5) is 16.8. The van der Waals surface area contributed by atoms with Crippen LogP contribution in [0.15, 0.2) is 29.0 Å². The third kappa shape index (κ3) is 4.45. The second-order valence-corrected chi connectivity index (χ2v) is 6.58. The summed E-state index contributed by atoms with van der Waals surface area (Å²) in [6.45, 7) is 5.28. The first-order valence-corrected chi connectivity index (χ1v) is 8.84. The molecule has 6 heteroatoms. The highest BCUT2D eigenvalue weighted by molar-refractivity contribution is 5.76. The van der Waals surface area contributed by atoms with E-state index in [4.69, 9.17) is 9.26 Å². The fraction of sp³-hybridized carbons (Fsp3) is 0.526. The second kappa shape index (κ2) is 8.25. The number of carbonyl (C=O) groups is 1. The molecule has 0 spiro atoms. The molecular formula is C19H25N3O3. The lowest BCUT2D eigenvalue weighted by atomic mass is 9.87. The minimum Gasteiger partial charge on any atom is -0.381 e. The van der Waals surface area contributed by atoms with Crippen molar-refractivity contribution in [3.05, 3.63) is 47.1 Å². The number of aryl methyl sites for hydroxylation is 2. The van der Waals surface area contributed by atoms with Gasteiger partial charge in [0.25, 0.3) is 0 Å². The summed E-state index contributed by atoms with van der Waals surface area (Å²) in [6.07, 6.45) is 6.55. The van der Waals surface area contributed by atoms with Gasteiger partial charge in [-0.3, -0.25) is 9.78 Å². The fourth-order valence-corrected chi connectivity index (χ4v) is 3.43. The zero-order chi connectivity index (χ0) is 17.6. The largest absolute Gasteiger partial charge is 0.381 e. The Kier molecular flexibility index (Phi) is 5.81. The zero-order valence-electron chi connectivity index (χ0n) is 14.8. The third-order valence-corrected chi connectivity index (χ3v) is 4.88. The maximum atomic E-state index is 12.6. The summed E-state index contributed by atoms with van der Waals surface area (Å²) in [5.74, 6) is 1.21. The van der Waals surface area contributed by atoms with E-state index in [1.165, 1.54) is 0 Å². The molecule has 1 saturated heterocycles. The molecule has 6 nitrogen and oxygen atoms in total. The van der Waals surface area contributed by atoms with Gasteiger partial charge < -0.3 is 14.6 Å². The van der Waals surface area contributed by atoms with E-state index >= 15 is 0 Å². The molecule has 1 unspecified atom stereocenters. The van der Waals surface area contributed by atoms with Gasteiger partial charge in [-0.25, -0.2) is 0 Å². The maximum absolute atomic E-state index is 12.6. The van der Waals surface area contributed by atoms with Crippen LogP contribution in [-0.2, 0) is 16.0 Å². The average molecular weight is 343 g/mol. The first-order valence-electron chi connectivity index (χ1n) is 8.84. The van der Waals surface area contributed by atoms with Crippen LogP contribution >= 0.6 is 0 Å². The Balaban J connectivity index is 1.66. The SMILES string of the molecule is Cc1noc(C)c1CCC(=O)NC(c1cccnc1)C1CCOCC1. The lowest BCUT2D eigenvalue weighted by molar-refractivity contribution is -0.122. The lowest BCUT2D eigenvalue weighted by Crippen LogP contribution is -2.36. The molecule has 2 aromatic heterocycles. The van der Waals surface area contributed by atoms with Crippen LogP contribution in [0, 0.1) is 19.8 Å². The Morgan fingerprint density at radius 2 is 2.16 bits per heavy atom. The van der Waals surface area contributed by atoms with Crippen LogP contribution in [0.25, 0.3) is 0 Å². The lowest BCUT2D eigenvalue weighted by Gasteiger charge is -2.31. The molecule has 0 aromatic carbocycles. The Hall–Kier alpha value is -2.21. The molecule has 0 bridgehead atoms. The van der Waals surface area contributed by atoms with E-state index in [0.29, 0.717) is 18.8 Å². The zero-order valence-corrected chi connectivity index (χ0v) is 14.8. The number of carbonyl (C=O) groups excluding carboxylic acids is 1. The van der Waals surface area contributed by atoms with Crippen molar-refractivity contribution in [2.24, 2.45) is 5.92 Å². The normalized spacial score (nSPS) is 16.6. The fourth-order valence-electron chi connectivity index (χ4n) is 3.43. The van der Waals surface area contributed by atoms with Gasteiger partial charge in [0.05, 0.1) is 11.7 Å². The van der Waals surface area contributed by atoms with Crippen molar-refractivity contribution in [3.8, 4) is 0 Å². The maximum Gasteiger partial charge on any atom is 0.220 e. The van der Waals surface area contributed by atoms with E-state index in [1.54, 1.807) is 6.20 Å². The Bertz CT molecular complexity index is 674. The minimum atomic E-state index is -0.0187. The predicted molar refractivity (Wildman–Crippen MR) is 93.0 cm³/mol. The Labute approximate surface area is 148 Å². The number of amides is 1. The molecule has 1 N–H and O–H groups in total. The van der Waals surface area contributed by atoms with Gasteiger partial charge >= 0.3 is 0 Å². The molecule has 1 aliphatic heterocycles. The smallest absolute Gasteiger partial charge is 0.220 e. The molecule has 0 radical (unpaired) electrons. The molecule has 0 aliphatic carbocycles. The van der Waals surface area contributed by atoms with Crippen LogP contribution < -0.4 is 5.32 Å². The van der Waals surface area contributed by atoms with Crippen LogP contribution in [-0.4, -0.2) is 29.3 Å². The van der Waals surface area contributed by atoms with Gasteiger partial charge in [-0.15, -0.1) is 0 Å². The summed E-state index contributed by atoms with van der Waals surface area (Å²) in [7, 11) is 0. The molecule has 2 aromatic rings. The number of pyridine rings is 1. The number of nitrogens with one attached hydrogen (secondary N) is 1. The van der Waals surface area contributed by atoms with E-state index in [-0.39, 0.29) is 11.9 Å². The van der Waals surface area contributed by atoms with Gasteiger partial charge in [-0.1, -0.05) is 11.2 Å². The standard InChI is InChI=1S/C19H25N3O3/c1-13-17(14(2)25-22-13)5-6-18(23)21-19(15-7-10-24-11-8-15)16-4-3-9-20-12-16/h3-4,9,12,15,19H,5-8,10-11H2,1-2H3,(H,21,23). The quantitative estimate of drug-likeness (QED) is 0.872.